The van der Waals surface area contributed by atoms with Gasteiger partial charge in [0.05, 0.1) is 0 Å². The maximum atomic E-state index is 14.2. The molecule has 1 aromatic carbocycles. The lowest BCUT2D eigenvalue weighted by atomic mass is 9.92. The fourth-order valence-electron chi connectivity index (χ4n) is 5.19. The SMILES string of the molecule is Cc1ccc(C)c(C(C(=O)NC2CCCCC2)N(C(=O)C(CC(C)C)NC(=O)OC(C)(C)C)C2CC2)c1. The third-order valence-corrected chi connectivity index (χ3v) is 7.10. The lowest BCUT2D eigenvalue weighted by Gasteiger charge is -2.37. The number of benzene rings is 1. The van der Waals surface area contributed by atoms with E-state index >= 15 is 0 Å². The Morgan fingerprint density at radius 1 is 1.03 bits per heavy atom. The van der Waals surface area contributed by atoms with Crippen molar-refractivity contribution in [2.24, 2.45) is 5.92 Å². The van der Waals surface area contributed by atoms with Gasteiger partial charge in [0.1, 0.15) is 17.7 Å². The summed E-state index contributed by atoms with van der Waals surface area (Å²) in [6.45, 7) is 13.5. The van der Waals surface area contributed by atoms with E-state index in [0.29, 0.717) is 6.42 Å². The molecule has 0 heterocycles. The van der Waals surface area contributed by atoms with Crippen LogP contribution in [0.1, 0.15) is 109 Å². The molecule has 2 aliphatic carbocycles. The summed E-state index contributed by atoms with van der Waals surface area (Å²) < 4.78 is 5.48. The molecule has 0 saturated heterocycles. The van der Waals surface area contributed by atoms with Gasteiger partial charge < -0.3 is 20.3 Å². The number of hydrogen-bond donors (Lipinski definition) is 2. The van der Waals surface area contributed by atoms with E-state index in [4.69, 9.17) is 4.74 Å². The molecule has 0 bridgehead atoms. The molecule has 7 heteroatoms. The highest BCUT2D eigenvalue weighted by atomic mass is 16.6. The molecule has 37 heavy (non-hydrogen) atoms. The second-order valence-electron chi connectivity index (χ2n) is 12.4. The first-order valence-electron chi connectivity index (χ1n) is 14.0. The van der Waals surface area contributed by atoms with Crippen molar-refractivity contribution in [2.45, 2.75) is 130 Å². The molecule has 2 unspecified atom stereocenters. The van der Waals surface area contributed by atoms with Crippen LogP contribution >= 0.6 is 0 Å². The van der Waals surface area contributed by atoms with E-state index in [1.165, 1.54) is 6.42 Å². The molecule has 2 aliphatic rings. The van der Waals surface area contributed by atoms with Crippen molar-refractivity contribution in [1.29, 1.82) is 0 Å². The minimum absolute atomic E-state index is 0.0235. The predicted molar refractivity (Wildman–Crippen MR) is 146 cm³/mol. The van der Waals surface area contributed by atoms with Crippen LogP contribution in [0.2, 0.25) is 0 Å². The number of carbonyl (C=O) groups excluding carboxylic acids is 3. The van der Waals surface area contributed by atoms with Gasteiger partial charge in [-0.25, -0.2) is 4.79 Å². The Morgan fingerprint density at radius 2 is 1.68 bits per heavy atom. The number of aryl methyl sites for hydroxylation is 2. The van der Waals surface area contributed by atoms with Gasteiger partial charge in [-0.05, 0) is 83.8 Å². The van der Waals surface area contributed by atoms with E-state index in [9.17, 15) is 14.4 Å². The maximum absolute atomic E-state index is 14.2. The predicted octanol–water partition coefficient (Wildman–Crippen LogP) is 5.72. The first-order valence-corrected chi connectivity index (χ1v) is 14.0. The van der Waals surface area contributed by atoms with E-state index in [-0.39, 0.29) is 29.8 Å². The Labute approximate surface area is 223 Å². The fraction of sp³-hybridized carbons (Fsp3) is 0.700. The summed E-state index contributed by atoms with van der Waals surface area (Å²) in [5, 5.41) is 6.13. The van der Waals surface area contributed by atoms with Crippen LogP contribution in [0.5, 0.6) is 0 Å². The number of nitrogens with zero attached hydrogens (tertiary/aromatic N) is 1. The zero-order chi connectivity index (χ0) is 27.3. The first kappa shape index (κ1) is 29.0. The molecule has 2 N–H and O–H groups in total. The number of ether oxygens (including phenoxy) is 1. The van der Waals surface area contributed by atoms with Gasteiger partial charge in [-0.15, -0.1) is 0 Å². The van der Waals surface area contributed by atoms with Gasteiger partial charge in [-0.3, -0.25) is 9.59 Å². The Kier molecular flexibility index (Phi) is 9.65. The smallest absolute Gasteiger partial charge is 0.408 e. The molecule has 1 aromatic rings. The van der Waals surface area contributed by atoms with Crippen molar-refractivity contribution in [3.05, 3.63) is 34.9 Å². The van der Waals surface area contributed by atoms with Gasteiger partial charge >= 0.3 is 6.09 Å². The number of amides is 3. The average molecular weight is 514 g/mol. The number of alkyl carbamates (subject to hydrolysis) is 1. The summed E-state index contributed by atoms with van der Waals surface area (Å²) >= 11 is 0. The van der Waals surface area contributed by atoms with Crippen LogP contribution < -0.4 is 10.6 Å². The first-order chi connectivity index (χ1) is 17.4. The Bertz CT molecular complexity index is 958. The molecule has 0 aliphatic heterocycles. The number of carbonyl (C=O) groups is 3. The molecule has 0 spiro atoms. The molecular formula is C30H47N3O4. The van der Waals surface area contributed by atoms with Gasteiger partial charge in [-0.2, -0.15) is 0 Å². The van der Waals surface area contributed by atoms with Crippen molar-refractivity contribution in [3.8, 4) is 0 Å². The van der Waals surface area contributed by atoms with Crippen molar-refractivity contribution in [3.63, 3.8) is 0 Å². The standard InChI is InChI=1S/C30H47N3O4/c1-19(2)17-25(32-29(36)37-30(5,6)7)28(35)33(23-15-16-23)26(24-18-20(3)13-14-21(24)4)27(34)31-22-11-9-8-10-12-22/h13-14,18-19,22-23,25-26H,8-12,15-17H2,1-7H3,(H,31,34)(H,32,36). The van der Waals surface area contributed by atoms with Crippen LogP contribution in [0.15, 0.2) is 18.2 Å². The summed E-state index contributed by atoms with van der Waals surface area (Å²) in [4.78, 5) is 42.7. The molecule has 2 atom stereocenters. The summed E-state index contributed by atoms with van der Waals surface area (Å²) in [7, 11) is 0. The van der Waals surface area contributed by atoms with Gasteiger partial charge in [0, 0.05) is 12.1 Å². The van der Waals surface area contributed by atoms with Crippen molar-refractivity contribution >= 4 is 17.9 Å². The maximum Gasteiger partial charge on any atom is 0.408 e. The molecule has 3 rings (SSSR count). The quantitative estimate of drug-likeness (QED) is 0.442. The Balaban J connectivity index is 1.97. The average Bonchev–Trinajstić information content (AvgIpc) is 3.62. The minimum atomic E-state index is -0.773. The highest BCUT2D eigenvalue weighted by Crippen LogP contribution is 2.37. The fourth-order valence-corrected chi connectivity index (χ4v) is 5.19. The van der Waals surface area contributed by atoms with Crippen LogP contribution in [0, 0.1) is 19.8 Å². The summed E-state index contributed by atoms with van der Waals surface area (Å²) in [6, 6.07) is 4.68. The van der Waals surface area contributed by atoms with Gasteiger partial charge in [0.15, 0.2) is 0 Å². The van der Waals surface area contributed by atoms with Crippen molar-refractivity contribution < 1.29 is 19.1 Å². The van der Waals surface area contributed by atoms with E-state index in [0.717, 1.165) is 55.2 Å². The van der Waals surface area contributed by atoms with Crippen LogP contribution in [0.4, 0.5) is 4.79 Å². The Morgan fingerprint density at radius 3 is 2.24 bits per heavy atom. The molecule has 2 saturated carbocycles. The third-order valence-electron chi connectivity index (χ3n) is 7.10. The summed E-state index contributed by atoms with van der Waals surface area (Å²) in [5.74, 6) is -0.173. The van der Waals surface area contributed by atoms with Crippen molar-refractivity contribution in [2.75, 3.05) is 0 Å². The topological polar surface area (TPSA) is 87.7 Å². The second-order valence-corrected chi connectivity index (χ2v) is 12.4. The van der Waals surface area contributed by atoms with E-state index in [2.05, 4.69) is 10.6 Å². The van der Waals surface area contributed by atoms with Crippen LogP contribution in [0.3, 0.4) is 0 Å². The number of rotatable bonds is 9. The summed E-state index contributed by atoms with van der Waals surface area (Å²) in [6.07, 6.45) is 6.92. The van der Waals surface area contributed by atoms with Crippen LogP contribution in [-0.2, 0) is 14.3 Å². The number of hydrogen-bond acceptors (Lipinski definition) is 4. The molecular weight excluding hydrogens is 466 g/mol. The van der Waals surface area contributed by atoms with E-state index < -0.39 is 23.8 Å². The highest BCUT2D eigenvalue weighted by Gasteiger charge is 2.45. The lowest BCUT2D eigenvalue weighted by molar-refractivity contribution is -0.144. The largest absolute Gasteiger partial charge is 0.444 e. The highest BCUT2D eigenvalue weighted by molar-refractivity contribution is 5.93. The summed E-state index contributed by atoms with van der Waals surface area (Å²) in [5.41, 5.74) is 2.21. The molecule has 206 valence electrons. The van der Waals surface area contributed by atoms with Gasteiger partial charge in [0.2, 0.25) is 11.8 Å². The second kappa shape index (κ2) is 12.3. The zero-order valence-corrected chi connectivity index (χ0v) is 23.9. The third kappa shape index (κ3) is 8.47. The molecule has 7 nitrogen and oxygen atoms in total. The van der Waals surface area contributed by atoms with E-state index in [1.807, 2.05) is 45.9 Å². The molecule has 0 aromatic heterocycles. The Hall–Kier alpha value is -2.57. The van der Waals surface area contributed by atoms with Crippen LogP contribution in [0.25, 0.3) is 0 Å². The van der Waals surface area contributed by atoms with E-state index in [1.54, 1.807) is 25.7 Å². The van der Waals surface area contributed by atoms with Gasteiger partial charge in [-0.1, -0.05) is 56.9 Å². The van der Waals surface area contributed by atoms with Crippen molar-refractivity contribution in [1.82, 2.24) is 15.5 Å². The van der Waals surface area contributed by atoms with Crippen LogP contribution in [-0.4, -0.2) is 46.5 Å². The number of nitrogens with one attached hydrogen (secondary N) is 2. The van der Waals surface area contributed by atoms with Gasteiger partial charge in [0.25, 0.3) is 0 Å². The molecule has 3 amide bonds. The lowest BCUT2D eigenvalue weighted by Crippen LogP contribution is -2.55. The molecule has 0 radical (unpaired) electrons. The zero-order valence-electron chi connectivity index (χ0n) is 23.9. The molecule has 2 fully saturated rings. The normalized spacial score (nSPS) is 18.2. The minimum Gasteiger partial charge on any atom is -0.444 e. The monoisotopic (exact) mass is 513 g/mol.